The van der Waals surface area contributed by atoms with Crippen molar-refractivity contribution in [2.24, 2.45) is 11.8 Å². The highest BCUT2D eigenvalue weighted by Gasteiger charge is 2.67. The minimum Gasteiger partial charge on any atom is -0.382 e. The molecule has 5 heteroatoms. The van der Waals surface area contributed by atoms with Crippen LogP contribution in [0.2, 0.25) is 0 Å². The molecule has 5 nitrogen and oxygen atoms in total. The normalized spacial score (nSPS) is 31.5. The van der Waals surface area contributed by atoms with Crippen LogP contribution in [-0.2, 0) is 14.3 Å². The lowest BCUT2D eigenvalue weighted by Gasteiger charge is -2.29. The first-order valence-electron chi connectivity index (χ1n) is 8.79. The molecule has 0 radical (unpaired) electrons. The summed E-state index contributed by atoms with van der Waals surface area (Å²) in [6.07, 6.45) is 3.55. The number of rotatable bonds is 4. The lowest BCUT2D eigenvalue weighted by molar-refractivity contribution is -0.126. The Morgan fingerprint density at radius 2 is 1.65 bits per heavy atom. The van der Waals surface area contributed by atoms with Crippen LogP contribution in [-0.4, -0.2) is 30.1 Å². The summed E-state index contributed by atoms with van der Waals surface area (Å²) in [6.45, 7) is 0.451. The fourth-order valence-electron chi connectivity index (χ4n) is 4.33. The van der Waals surface area contributed by atoms with Crippen molar-refractivity contribution >= 4 is 23.2 Å². The van der Waals surface area contributed by atoms with Crippen LogP contribution in [0.5, 0.6) is 0 Å². The molecule has 2 saturated heterocycles. The zero-order chi connectivity index (χ0) is 17.7. The number of anilines is 2. The molecular weight excluding hydrogens is 328 g/mol. The number of hydrogen-bond acceptors (Lipinski definition) is 4. The van der Waals surface area contributed by atoms with Crippen molar-refractivity contribution in [3.63, 3.8) is 0 Å². The van der Waals surface area contributed by atoms with E-state index in [1.807, 2.05) is 60.7 Å². The van der Waals surface area contributed by atoms with Crippen molar-refractivity contribution in [3.05, 3.63) is 72.8 Å². The van der Waals surface area contributed by atoms with Gasteiger partial charge in [0.1, 0.15) is 5.60 Å². The lowest BCUT2D eigenvalue weighted by atomic mass is 9.77. The summed E-state index contributed by atoms with van der Waals surface area (Å²) in [6, 6.07) is 18.9. The second kappa shape index (κ2) is 5.54. The van der Waals surface area contributed by atoms with Gasteiger partial charge in [-0.2, -0.15) is 0 Å². The van der Waals surface area contributed by atoms with Gasteiger partial charge in [0.25, 0.3) is 0 Å². The summed E-state index contributed by atoms with van der Waals surface area (Å²) in [7, 11) is 0. The molecule has 0 aromatic heterocycles. The topological polar surface area (TPSA) is 58.6 Å². The minimum absolute atomic E-state index is 0.165. The number of ether oxygens (including phenoxy) is 1. The van der Waals surface area contributed by atoms with E-state index in [-0.39, 0.29) is 17.9 Å². The summed E-state index contributed by atoms with van der Waals surface area (Å²) in [4.78, 5) is 27.5. The number of para-hydroxylation sites is 2. The molecule has 0 unspecified atom stereocenters. The van der Waals surface area contributed by atoms with Gasteiger partial charge >= 0.3 is 0 Å². The van der Waals surface area contributed by atoms with Gasteiger partial charge in [0.15, 0.2) is 0 Å². The molecule has 0 spiro atoms. The Bertz CT molecular complexity index is 896. The van der Waals surface area contributed by atoms with Crippen molar-refractivity contribution in [3.8, 4) is 0 Å². The molecule has 26 heavy (non-hydrogen) atoms. The Hall–Kier alpha value is -2.92. The molecule has 2 bridgehead atoms. The molecular formula is C21H18N2O3. The van der Waals surface area contributed by atoms with Gasteiger partial charge in [0.05, 0.1) is 23.6 Å². The standard InChI is InChI=1S/C21H18N2O3/c24-19-17-16-11-12-21(26-16,13-22-14-7-3-1-4-8-14)18(17)20(25)23(19)15-9-5-2-6-10-15/h1-12,16-18,22H,13H2/t16-,17-,18-,21+/m1/s1. The van der Waals surface area contributed by atoms with E-state index in [9.17, 15) is 9.59 Å². The van der Waals surface area contributed by atoms with Crippen LogP contribution >= 0.6 is 0 Å². The molecule has 130 valence electrons. The fraction of sp³-hybridized carbons (Fsp3) is 0.238. The van der Waals surface area contributed by atoms with Gasteiger partial charge in [-0.15, -0.1) is 0 Å². The second-order valence-electron chi connectivity index (χ2n) is 6.97. The molecule has 3 heterocycles. The maximum Gasteiger partial charge on any atom is 0.241 e. The largest absolute Gasteiger partial charge is 0.382 e. The highest BCUT2D eigenvalue weighted by atomic mass is 16.5. The van der Waals surface area contributed by atoms with Gasteiger partial charge in [-0.25, -0.2) is 4.90 Å². The third kappa shape index (κ3) is 2.07. The lowest BCUT2D eigenvalue weighted by Crippen LogP contribution is -2.45. The number of benzene rings is 2. The van der Waals surface area contributed by atoms with Crippen molar-refractivity contribution in [1.29, 1.82) is 0 Å². The highest BCUT2D eigenvalue weighted by Crippen LogP contribution is 2.52. The zero-order valence-corrected chi connectivity index (χ0v) is 14.0. The van der Waals surface area contributed by atoms with Crippen LogP contribution < -0.4 is 10.2 Å². The predicted molar refractivity (Wildman–Crippen MR) is 97.6 cm³/mol. The summed E-state index contributed by atoms with van der Waals surface area (Å²) >= 11 is 0. The number of hydrogen-bond donors (Lipinski definition) is 1. The monoisotopic (exact) mass is 346 g/mol. The first-order chi connectivity index (χ1) is 12.7. The van der Waals surface area contributed by atoms with E-state index in [0.29, 0.717) is 12.2 Å². The smallest absolute Gasteiger partial charge is 0.241 e. The van der Waals surface area contributed by atoms with Gasteiger partial charge in [-0.3, -0.25) is 9.59 Å². The predicted octanol–water partition coefficient (Wildman–Crippen LogP) is 2.61. The van der Waals surface area contributed by atoms with E-state index in [1.54, 1.807) is 12.1 Å². The minimum atomic E-state index is -0.776. The Labute approximate surface area is 151 Å². The van der Waals surface area contributed by atoms with Gasteiger partial charge < -0.3 is 10.1 Å². The van der Waals surface area contributed by atoms with Crippen LogP contribution in [0.15, 0.2) is 72.8 Å². The van der Waals surface area contributed by atoms with Crippen LogP contribution in [0.4, 0.5) is 11.4 Å². The third-order valence-electron chi connectivity index (χ3n) is 5.51. The molecule has 5 rings (SSSR count). The Morgan fingerprint density at radius 3 is 2.38 bits per heavy atom. The number of nitrogens with zero attached hydrogens (tertiary/aromatic N) is 1. The molecule has 4 atom stereocenters. The molecule has 3 aliphatic heterocycles. The molecule has 2 amide bonds. The van der Waals surface area contributed by atoms with Crippen LogP contribution in [0.3, 0.4) is 0 Å². The van der Waals surface area contributed by atoms with E-state index in [2.05, 4.69) is 5.32 Å². The van der Waals surface area contributed by atoms with E-state index >= 15 is 0 Å². The molecule has 2 fully saturated rings. The average molecular weight is 346 g/mol. The highest BCUT2D eigenvalue weighted by molar-refractivity contribution is 6.23. The average Bonchev–Trinajstić information content (AvgIpc) is 3.32. The zero-order valence-electron chi connectivity index (χ0n) is 14.0. The van der Waals surface area contributed by atoms with Gasteiger partial charge in [-0.1, -0.05) is 48.6 Å². The van der Waals surface area contributed by atoms with Crippen LogP contribution in [0.25, 0.3) is 0 Å². The Balaban J connectivity index is 1.46. The maximum absolute atomic E-state index is 13.2. The van der Waals surface area contributed by atoms with Crippen molar-refractivity contribution < 1.29 is 14.3 Å². The van der Waals surface area contributed by atoms with E-state index in [1.165, 1.54) is 4.90 Å². The number of imide groups is 1. The molecule has 2 aromatic carbocycles. The number of carbonyl (C=O) groups excluding carboxylic acids is 2. The van der Waals surface area contributed by atoms with E-state index in [0.717, 1.165) is 5.69 Å². The molecule has 2 aromatic rings. The SMILES string of the molecule is O=C1[C@@H]2[C@H]3C=C[C@@](CNc4ccccc4)(O3)[C@H]2C(=O)N1c1ccccc1. The summed E-state index contributed by atoms with van der Waals surface area (Å²) < 4.78 is 6.13. The quantitative estimate of drug-likeness (QED) is 0.683. The molecule has 1 N–H and O–H groups in total. The van der Waals surface area contributed by atoms with Gasteiger partial charge in [-0.05, 0) is 24.3 Å². The van der Waals surface area contributed by atoms with Crippen molar-refractivity contribution in [2.75, 3.05) is 16.8 Å². The second-order valence-corrected chi connectivity index (χ2v) is 6.97. The van der Waals surface area contributed by atoms with Gasteiger partial charge in [0.2, 0.25) is 11.8 Å². The van der Waals surface area contributed by atoms with Crippen molar-refractivity contribution in [1.82, 2.24) is 0 Å². The summed E-state index contributed by atoms with van der Waals surface area (Å²) in [5.74, 6) is -1.26. The van der Waals surface area contributed by atoms with E-state index < -0.39 is 17.4 Å². The first-order valence-corrected chi connectivity index (χ1v) is 8.79. The van der Waals surface area contributed by atoms with Crippen molar-refractivity contribution in [2.45, 2.75) is 11.7 Å². The summed E-state index contributed by atoms with van der Waals surface area (Å²) in [5, 5.41) is 3.35. The molecule has 0 saturated carbocycles. The number of carbonyl (C=O) groups is 2. The maximum atomic E-state index is 13.2. The molecule has 3 aliphatic rings. The molecule has 0 aliphatic carbocycles. The Morgan fingerprint density at radius 1 is 0.962 bits per heavy atom. The number of nitrogens with one attached hydrogen (secondary N) is 1. The van der Waals surface area contributed by atoms with Crippen LogP contribution in [0.1, 0.15) is 0 Å². The third-order valence-corrected chi connectivity index (χ3v) is 5.51. The van der Waals surface area contributed by atoms with E-state index in [4.69, 9.17) is 4.74 Å². The Kier molecular flexibility index (Phi) is 3.27. The van der Waals surface area contributed by atoms with Gasteiger partial charge in [0, 0.05) is 12.2 Å². The number of fused-ring (bicyclic) bond motifs is 5. The number of amides is 2. The van der Waals surface area contributed by atoms with Crippen LogP contribution in [0, 0.1) is 11.8 Å². The summed E-state index contributed by atoms with van der Waals surface area (Å²) in [5.41, 5.74) is 0.812. The first kappa shape index (κ1) is 15.3. The fourth-order valence-corrected chi connectivity index (χ4v) is 4.33.